The molecule has 0 saturated heterocycles. The van der Waals surface area contributed by atoms with E-state index in [1.54, 1.807) is 36.1 Å². The minimum atomic E-state index is -0.265. The summed E-state index contributed by atoms with van der Waals surface area (Å²) in [4.78, 5) is 8.28. The summed E-state index contributed by atoms with van der Waals surface area (Å²) < 4.78 is 16.1. The highest BCUT2D eigenvalue weighted by molar-refractivity contribution is 5.79. The van der Waals surface area contributed by atoms with Crippen molar-refractivity contribution in [3.05, 3.63) is 47.8 Å². The van der Waals surface area contributed by atoms with Gasteiger partial charge >= 0.3 is 0 Å². The predicted octanol–water partition coefficient (Wildman–Crippen LogP) is 2.78. The molecule has 0 aliphatic carbocycles. The van der Waals surface area contributed by atoms with Gasteiger partial charge in [0.05, 0.1) is 5.69 Å². The molecule has 0 amide bonds. The van der Waals surface area contributed by atoms with Crippen molar-refractivity contribution in [2.24, 2.45) is 4.99 Å². The van der Waals surface area contributed by atoms with Gasteiger partial charge in [-0.1, -0.05) is 19.4 Å². The molecule has 0 aliphatic rings. The smallest absolute Gasteiger partial charge is 0.191 e. The summed E-state index contributed by atoms with van der Waals surface area (Å²) in [5, 5.41) is 6.42. The first kappa shape index (κ1) is 17.0. The molecule has 0 bridgehead atoms. The Balaban J connectivity index is 1.99. The maximum absolute atomic E-state index is 14.3. The van der Waals surface area contributed by atoms with Gasteiger partial charge in [0.25, 0.3) is 0 Å². The van der Waals surface area contributed by atoms with E-state index < -0.39 is 0 Å². The number of aromatic nitrogens is 2. The van der Waals surface area contributed by atoms with Crippen LogP contribution in [0.2, 0.25) is 0 Å². The van der Waals surface area contributed by atoms with Gasteiger partial charge in [0.15, 0.2) is 5.96 Å². The van der Waals surface area contributed by atoms with Crippen LogP contribution in [0.4, 0.5) is 4.39 Å². The van der Waals surface area contributed by atoms with Crippen LogP contribution in [-0.4, -0.2) is 29.1 Å². The quantitative estimate of drug-likeness (QED) is 0.489. The Bertz CT molecular complexity index is 663. The number of unbranched alkanes of at least 4 members (excludes halogenated alkanes) is 1. The second-order valence-electron chi connectivity index (χ2n) is 5.34. The fourth-order valence-electron chi connectivity index (χ4n) is 2.28. The number of guanidine groups is 1. The minimum Gasteiger partial charge on any atom is -0.356 e. The Morgan fingerprint density at radius 3 is 2.78 bits per heavy atom. The van der Waals surface area contributed by atoms with Gasteiger partial charge in [0, 0.05) is 32.5 Å². The molecule has 0 spiro atoms. The maximum Gasteiger partial charge on any atom is 0.191 e. The summed E-state index contributed by atoms with van der Waals surface area (Å²) in [7, 11) is 1.73. The molecule has 23 heavy (non-hydrogen) atoms. The lowest BCUT2D eigenvalue weighted by molar-refractivity contribution is 0.613. The third kappa shape index (κ3) is 4.55. The highest BCUT2D eigenvalue weighted by Gasteiger charge is 2.08. The van der Waals surface area contributed by atoms with Gasteiger partial charge in [-0.3, -0.25) is 4.99 Å². The van der Waals surface area contributed by atoms with E-state index in [0.717, 1.165) is 36.7 Å². The normalized spacial score (nSPS) is 11.6. The molecule has 0 saturated carbocycles. The van der Waals surface area contributed by atoms with E-state index in [2.05, 4.69) is 27.5 Å². The van der Waals surface area contributed by atoms with Crippen LogP contribution in [0.3, 0.4) is 0 Å². The van der Waals surface area contributed by atoms with Crippen LogP contribution in [-0.2, 0) is 6.54 Å². The first-order valence-corrected chi connectivity index (χ1v) is 7.89. The summed E-state index contributed by atoms with van der Waals surface area (Å²) in [6.45, 7) is 5.39. The number of benzene rings is 1. The fourth-order valence-corrected chi connectivity index (χ4v) is 2.28. The number of nitrogens with one attached hydrogen (secondary N) is 2. The van der Waals surface area contributed by atoms with Crippen molar-refractivity contribution in [3.8, 4) is 5.69 Å². The van der Waals surface area contributed by atoms with E-state index in [9.17, 15) is 4.39 Å². The van der Waals surface area contributed by atoms with Crippen LogP contribution in [0, 0.1) is 12.7 Å². The zero-order valence-electron chi connectivity index (χ0n) is 13.9. The topological polar surface area (TPSA) is 54.2 Å². The number of halogens is 1. The summed E-state index contributed by atoms with van der Waals surface area (Å²) in [6.07, 6.45) is 5.64. The SMILES string of the molecule is CCCCNC(=NC)NCc1ccc(-n2ccnc2C)c(F)c1. The molecule has 6 heteroatoms. The number of aliphatic imine (C=N–C) groups is 1. The summed E-state index contributed by atoms with van der Waals surface area (Å²) in [6, 6.07) is 5.22. The van der Waals surface area contributed by atoms with Gasteiger partial charge < -0.3 is 15.2 Å². The Morgan fingerprint density at radius 1 is 1.35 bits per heavy atom. The van der Waals surface area contributed by atoms with Crippen LogP contribution in [0.15, 0.2) is 35.6 Å². The Hall–Kier alpha value is -2.37. The van der Waals surface area contributed by atoms with Crippen molar-refractivity contribution in [2.45, 2.75) is 33.2 Å². The minimum absolute atomic E-state index is 0.265. The number of hydrogen-bond acceptors (Lipinski definition) is 2. The summed E-state index contributed by atoms with van der Waals surface area (Å²) in [5.74, 6) is 1.23. The van der Waals surface area contributed by atoms with Crippen molar-refractivity contribution in [3.63, 3.8) is 0 Å². The number of nitrogens with zero attached hydrogens (tertiary/aromatic N) is 3. The molecular formula is C17H24FN5. The maximum atomic E-state index is 14.3. The second kappa shape index (κ2) is 8.31. The van der Waals surface area contributed by atoms with Gasteiger partial charge in [0.1, 0.15) is 11.6 Å². The number of rotatable bonds is 6. The van der Waals surface area contributed by atoms with E-state index in [0.29, 0.717) is 12.2 Å². The predicted molar refractivity (Wildman–Crippen MR) is 91.4 cm³/mol. The van der Waals surface area contributed by atoms with Crippen LogP contribution >= 0.6 is 0 Å². The highest BCUT2D eigenvalue weighted by Crippen LogP contribution is 2.16. The van der Waals surface area contributed by atoms with E-state index in [1.807, 2.05) is 13.0 Å². The molecule has 0 fully saturated rings. The standard InChI is InChI=1S/C17H24FN5/c1-4-5-8-21-17(19-3)22-12-14-6-7-16(15(18)11-14)23-10-9-20-13(23)2/h6-7,9-11H,4-5,8,12H2,1-3H3,(H2,19,21,22). The number of imidazole rings is 1. The zero-order valence-corrected chi connectivity index (χ0v) is 13.9. The molecule has 124 valence electrons. The highest BCUT2D eigenvalue weighted by atomic mass is 19.1. The Morgan fingerprint density at radius 2 is 2.17 bits per heavy atom. The number of hydrogen-bond donors (Lipinski definition) is 2. The van der Waals surface area contributed by atoms with Crippen LogP contribution in [0.25, 0.3) is 5.69 Å². The van der Waals surface area contributed by atoms with E-state index in [1.165, 1.54) is 0 Å². The molecule has 2 aromatic rings. The third-order valence-corrected chi connectivity index (χ3v) is 3.60. The van der Waals surface area contributed by atoms with Crippen LogP contribution in [0.5, 0.6) is 0 Å². The molecule has 1 aromatic heterocycles. The molecule has 1 aromatic carbocycles. The van der Waals surface area contributed by atoms with Crippen molar-refractivity contribution in [2.75, 3.05) is 13.6 Å². The molecule has 5 nitrogen and oxygen atoms in total. The second-order valence-corrected chi connectivity index (χ2v) is 5.34. The van der Waals surface area contributed by atoms with Gasteiger partial charge in [-0.15, -0.1) is 0 Å². The Labute approximate surface area is 136 Å². The van der Waals surface area contributed by atoms with Crippen molar-refractivity contribution >= 4 is 5.96 Å². The largest absolute Gasteiger partial charge is 0.356 e. The van der Waals surface area contributed by atoms with Gasteiger partial charge in [0.2, 0.25) is 0 Å². The van der Waals surface area contributed by atoms with Crippen molar-refractivity contribution in [1.29, 1.82) is 0 Å². The molecule has 2 rings (SSSR count). The van der Waals surface area contributed by atoms with Crippen LogP contribution in [0.1, 0.15) is 31.2 Å². The van der Waals surface area contributed by atoms with Gasteiger partial charge in [-0.25, -0.2) is 9.37 Å². The fraction of sp³-hybridized carbons (Fsp3) is 0.412. The van der Waals surface area contributed by atoms with Gasteiger partial charge in [-0.2, -0.15) is 0 Å². The first-order valence-electron chi connectivity index (χ1n) is 7.89. The van der Waals surface area contributed by atoms with Crippen molar-refractivity contribution < 1.29 is 4.39 Å². The average Bonchev–Trinajstić information content (AvgIpc) is 2.97. The number of aryl methyl sites for hydroxylation is 1. The molecule has 0 unspecified atom stereocenters. The molecule has 2 N–H and O–H groups in total. The van der Waals surface area contributed by atoms with Crippen LogP contribution < -0.4 is 10.6 Å². The van der Waals surface area contributed by atoms with E-state index in [-0.39, 0.29) is 5.82 Å². The zero-order chi connectivity index (χ0) is 16.7. The lowest BCUT2D eigenvalue weighted by Crippen LogP contribution is -2.37. The molecule has 0 radical (unpaired) electrons. The molecular weight excluding hydrogens is 293 g/mol. The monoisotopic (exact) mass is 317 g/mol. The summed E-state index contributed by atoms with van der Waals surface area (Å²) in [5.41, 5.74) is 1.37. The first-order chi connectivity index (χ1) is 11.2. The average molecular weight is 317 g/mol. The van der Waals surface area contributed by atoms with E-state index >= 15 is 0 Å². The summed E-state index contributed by atoms with van der Waals surface area (Å²) >= 11 is 0. The third-order valence-electron chi connectivity index (χ3n) is 3.60. The Kier molecular flexibility index (Phi) is 6.14. The molecule has 1 heterocycles. The van der Waals surface area contributed by atoms with Crippen molar-refractivity contribution in [1.82, 2.24) is 20.2 Å². The van der Waals surface area contributed by atoms with Gasteiger partial charge in [-0.05, 0) is 31.0 Å². The molecule has 0 aliphatic heterocycles. The lowest BCUT2D eigenvalue weighted by atomic mass is 10.2. The molecule has 0 atom stereocenters. The lowest BCUT2D eigenvalue weighted by Gasteiger charge is -2.13. The van der Waals surface area contributed by atoms with E-state index in [4.69, 9.17) is 0 Å².